The summed E-state index contributed by atoms with van der Waals surface area (Å²) in [5.41, 5.74) is 4.82. The summed E-state index contributed by atoms with van der Waals surface area (Å²) >= 11 is 0. The molecule has 1 rings (SSSR count). The van der Waals surface area contributed by atoms with Crippen LogP contribution in [0.25, 0.3) is 0 Å². The molecule has 7 nitrogen and oxygen atoms in total. The Morgan fingerprint density at radius 2 is 1.78 bits per heavy atom. The van der Waals surface area contributed by atoms with Crippen LogP contribution in [0.4, 0.5) is 0 Å². The molecule has 0 fully saturated rings. The number of nitrogens with zero attached hydrogens (tertiary/aromatic N) is 1. The number of rotatable bonds is 3. The van der Waals surface area contributed by atoms with E-state index < -0.39 is 17.9 Å². The summed E-state index contributed by atoms with van der Waals surface area (Å²) in [4.78, 5) is 37.5. The molecule has 0 saturated carbocycles. The summed E-state index contributed by atoms with van der Waals surface area (Å²) in [7, 11) is 0. The van der Waals surface area contributed by atoms with Crippen LogP contribution >= 0.6 is 0 Å². The second kappa shape index (κ2) is 6.33. The maximum atomic E-state index is 11.6. The molecule has 0 spiro atoms. The first-order valence-electron chi connectivity index (χ1n) is 5.28. The molecule has 7 heteroatoms. The van der Waals surface area contributed by atoms with Crippen molar-refractivity contribution in [3.63, 3.8) is 0 Å². The van der Waals surface area contributed by atoms with E-state index in [1.807, 2.05) is 0 Å². The first-order chi connectivity index (χ1) is 8.50. The van der Waals surface area contributed by atoms with Gasteiger partial charge < -0.3 is 5.32 Å². The van der Waals surface area contributed by atoms with Crippen LogP contribution in [-0.2, 0) is 9.59 Å². The van der Waals surface area contributed by atoms with E-state index in [9.17, 15) is 14.4 Å². The summed E-state index contributed by atoms with van der Waals surface area (Å²) in [6, 6.07) is 2.30. The molecule has 0 aromatic carbocycles. The highest BCUT2D eigenvalue weighted by molar-refractivity contribution is 5.96. The molecule has 1 atom stereocenters. The van der Waals surface area contributed by atoms with Crippen LogP contribution in [0.15, 0.2) is 24.5 Å². The Labute approximate surface area is 104 Å². The lowest BCUT2D eigenvalue weighted by Crippen LogP contribution is -2.50. The summed E-state index contributed by atoms with van der Waals surface area (Å²) < 4.78 is 0. The minimum atomic E-state index is -0.722. The third-order valence-electron chi connectivity index (χ3n) is 2.05. The van der Waals surface area contributed by atoms with Gasteiger partial charge in [0.2, 0.25) is 5.91 Å². The van der Waals surface area contributed by atoms with E-state index in [1.165, 1.54) is 38.4 Å². The van der Waals surface area contributed by atoms with Gasteiger partial charge in [-0.25, -0.2) is 0 Å². The average molecular weight is 250 g/mol. The number of carbonyl (C=O) groups excluding carboxylic acids is 3. The summed E-state index contributed by atoms with van der Waals surface area (Å²) in [6.45, 7) is 2.81. The Kier molecular flexibility index (Phi) is 4.79. The van der Waals surface area contributed by atoms with E-state index in [4.69, 9.17) is 0 Å². The van der Waals surface area contributed by atoms with Crippen LogP contribution < -0.4 is 16.2 Å². The van der Waals surface area contributed by atoms with E-state index in [-0.39, 0.29) is 5.91 Å². The van der Waals surface area contributed by atoms with Crippen molar-refractivity contribution in [3.05, 3.63) is 30.1 Å². The fourth-order valence-electron chi connectivity index (χ4n) is 1.17. The number of hydrazine groups is 1. The number of carbonyl (C=O) groups is 3. The zero-order valence-electron chi connectivity index (χ0n) is 10.1. The number of pyridine rings is 1. The van der Waals surface area contributed by atoms with Gasteiger partial charge in [0.05, 0.1) is 0 Å². The van der Waals surface area contributed by atoms with Gasteiger partial charge in [-0.2, -0.15) is 0 Å². The molecule has 1 heterocycles. The molecule has 0 unspecified atom stereocenters. The Balaban J connectivity index is 2.44. The second-order valence-corrected chi connectivity index (χ2v) is 3.60. The minimum absolute atomic E-state index is 0.321. The average Bonchev–Trinajstić information content (AvgIpc) is 2.35. The molecule has 0 aliphatic carbocycles. The number of nitrogens with one attached hydrogen (secondary N) is 3. The highest BCUT2D eigenvalue weighted by atomic mass is 16.2. The smallest absolute Gasteiger partial charge is 0.269 e. The Morgan fingerprint density at radius 1 is 1.17 bits per heavy atom. The van der Waals surface area contributed by atoms with Crippen molar-refractivity contribution in [2.45, 2.75) is 19.9 Å². The first-order valence-corrected chi connectivity index (χ1v) is 5.28. The molecular formula is C11H14N4O3. The molecule has 18 heavy (non-hydrogen) atoms. The molecule has 0 saturated heterocycles. The normalized spacial score (nSPS) is 11.2. The minimum Gasteiger partial charge on any atom is -0.345 e. The van der Waals surface area contributed by atoms with E-state index in [2.05, 4.69) is 21.2 Å². The number of aromatic nitrogens is 1. The summed E-state index contributed by atoms with van der Waals surface area (Å²) in [6.07, 6.45) is 2.94. The zero-order valence-corrected chi connectivity index (χ0v) is 10.1. The van der Waals surface area contributed by atoms with Crippen LogP contribution in [0.3, 0.4) is 0 Å². The van der Waals surface area contributed by atoms with Crippen molar-refractivity contribution in [1.82, 2.24) is 21.2 Å². The first kappa shape index (κ1) is 13.6. The summed E-state index contributed by atoms with van der Waals surface area (Å²) in [5, 5.41) is 2.39. The lowest BCUT2D eigenvalue weighted by atomic mass is 10.2. The topological polar surface area (TPSA) is 100 Å². The van der Waals surface area contributed by atoms with Crippen molar-refractivity contribution < 1.29 is 14.4 Å². The quantitative estimate of drug-likeness (QED) is 0.622. The van der Waals surface area contributed by atoms with Crippen molar-refractivity contribution in [2.24, 2.45) is 0 Å². The van der Waals surface area contributed by atoms with E-state index in [1.54, 1.807) is 0 Å². The predicted molar refractivity (Wildman–Crippen MR) is 63.1 cm³/mol. The van der Waals surface area contributed by atoms with Crippen LogP contribution in [0.2, 0.25) is 0 Å². The highest BCUT2D eigenvalue weighted by Crippen LogP contribution is 1.94. The predicted octanol–water partition coefficient (Wildman–Crippen LogP) is -0.633. The van der Waals surface area contributed by atoms with Gasteiger partial charge in [0.15, 0.2) is 0 Å². The van der Waals surface area contributed by atoms with Gasteiger partial charge in [0, 0.05) is 24.9 Å². The molecule has 3 amide bonds. The van der Waals surface area contributed by atoms with Gasteiger partial charge in [-0.15, -0.1) is 0 Å². The Bertz CT molecular complexity index is 447. The van der Waals surface area contributed by atoms with Crippen LogP contribution in [-0.4, -0.2) is 28.7 Å². The largest absolute Gasteiger partial charge is 0.345 e. The van der Waals surface area contributed by atoms with Gasteiger partial charge >= 0.3 is 0 Å². The van der Waals surface area contributed by atoms with Crippen molar-refractivity contribution in [3.8, 4) is 0 Å². The monoisotopic (exact) mass is 250 g/mol. The van der Waals surface area contributed by atoms with Gasteiger partial charge in [0.1, 0.15) is 6.04 Å². The lowest BCUT2D eigenvalue weighted by Gasteiger charge is -2.13. The molecular weight excluding hydrogens is 236 g/mol. The molecule has 0 bridgehead atoms. The maximum absolute atomic E-state index is 11.6. The van der Waals surface area contributed by atoms with Crippen LogP contribution in [0.1, 0.15) is 24.2 Å². The van der Waals surface area contributed by atoms with Gasteiger partial charge in [-0.3, -0.25) is 30.2 Å². The Hall–Kier alpha value is -2.44. The van der Waals surface area contributed by atoms with Gasteiger partial charge in [-0.1, -0.05) is 0 Å². The second-order valence-electron chi connectivity index (χ2n) is 3.60. The van der Waals surface area contributed by atoms with E-state index in [0.717, 1.165) is 0 Å². The molecule has 3 N–H and O–H groups in total. The van der Waals surface area contributed by atoms with Gasteiger partial charge in [0.25, 0.3) is 11.8 Å². The Morgan fingerprint density at radius 3 is 2.33 bits per heavy atom. The van der Waals surface area contributed by atoms with Crippen LogP contribution in [0.5, 0.6) is 0 Å². The maximum Gasteiger partial charge on any atom is 0.269 e. The fourth-order valence-corrected chi connectivity index (χ4v) is 1.17. The molecule has 0 radical (unpaired) electrons. The molecule has 96 valence electrons. The number of amides is 3. The van der Waals surface area contributed by atoms with Crippen LogP contribution in [0, 0.1) is 0 Å². The molecule has 1 aromatic heterocycles. The molecule has 0 aliphatic rings. The van der Waals surface area contributed by atoms with Crippen molar-refractivity contribution in [1.29, 1.82) is 0 Å². The fraction of sp³-hybridized carbons (Fsp3) is 0.273. The van der Waals surface area contributed by atoms with E-state index in [0.29, 0.717) is 5.56 Å². The number of hydrogen-bond donors (Lipinski definition) is 3. The number of hydrogen-bond acceptors (Lipinski definition) is 4. The molecule has 1 aromatic rings. The molecule has 0 aliphatic heterocycles. The highest BCUT2D eigenvalue weighted by Gasteiger charge is 2.14. The van der Waals surface area contributed by atoms with E-state index >= 15 is 0 Å². The lowest BCUT2D eigenvalue weighted by molar-refractivity contribution is -0.128. The van der Waals surface area contributed by atoms with Crippen molar-refractivity contribution >= 4 is 17.7 Å². The zero-order chi connectivity index (χ0) is 13.5. The summed E-state index contributed by atoms with van der Waals surface area (Å²) in [5.74, 6) is -1.29. The SMILES string of the molecule is CC(=O)N[C@H](C)C(=O)NNC(=O)c1ccncc1. The third-order valence-corrected chi connectivity index (χ3v) is 2.05. The van der Waals surface area contributed by atoms with Crippen molar-refractivity contribution in [2.75, 3.05) is 0 Å². The third kappa shape index (κ3) is 4.20. The standard InChI is InChI=1S/C11H14N4O3/c1-7(13-8(2)16)10(17)14-15-11(18)9-3-5-12-6-4-9/h3-7H,1-2H3,(H,13,16)(H,14,17)(H,15,18)/t7-/m1/s1. The van der Waals surface area contributed by atoms with Gasteiger partial charge in [-0.05, 0) is 19.1 Å².